The number of benzene rings is 1. The SMILES string of the molecule is Cl.N[C@H]1CCN(C(=O)c2cccc(OC(F)(F)F)c2)C1. The highest BCUT2D eigenvalue weighted by Crippen LogP contribution is 2.24. The Labute approximate surface area is 120 Å². The smallest absolute Gasteiger partial charge is 0.406 e. The number of hydrogen-bond donors (Lipinski definition) is 1. The number of nitrogens with zero attached hydrogens (tertiary/aromatic N) is 1. The van der Waals surface area contributed by atoms with E-state index in [1.165, 1.54) is 17.0 Å². The second-order valence-electron chi connectivity index (χ2n) is 4.38. The molecular formula is C12H14ClF3N2O2. The monoisotopic (exact) mass is 310 g/mol. The molecule has 1 aliphatic rings. The van der Waals surface area contributed by atoms with Crippen molar-refractivity contribution in [3.05, 3.63) is 29.8 Å². The van der Waals surface area contributed by atoms with Gasteiger partial charge in [-0.1, -0.05) is 6.07 Å². The summed E-state index contributed by atoms with van der Waals surface area (Å²) in [5, 5.41) is 0. The van der Waals surface area contributed by atoms with Crippen molar-refractivity contribution in [2.75, 3.05) is 13.1 Å². The Balaban J connectivity index is 0.00000200. The lowest BCUT2D eigenvalue weighted by molar-refractivity contribution is -0.274. The second kappa shape index (κ2) is 6.32. The second-order valence-corrected chi connectivity index (χ2v) is 4.38. The Morgan fingerprint density at radius 2 is 2.10 bits per heavy atom. The molecule has 20 heavy (non-hydrogen) atoms. The number of nitrogens with two attached hydrogens (primary N) is 1. The van der Waals surface area contributed by atoms with E-state index in [4.69, 9.17) is 5.73 Å². The van der Waals surface area contributed by atoms with Crippen molar-refractivity contribution < 1.29 is 22.7 Å². The molecule has 0 aliphatic carbocycles. The van der Waals surface area contributed by atoms with Crippen LogP contribution in [0.5, 0.6) is 5.75 Å². The number of rotatable bonds is 2. The summed E-state index contributed by atoms with van der Waals surface area (Å²) in [4.78, 5) is 13.6. The molecule has 2 rings (SSSR count). The van der Waals surface area contributed by atoms with E-state index in [1.807, 2.05) is 0 Å². The Bertz CT molecular complexity index is 482. The van der Waals surface area contributed by atoms with Crippen molar-refractivity contribution in [2.24, 2.45) is 5.73 Å². The highest BCUT2D eigenvalue weighted by Gasteiger charge is 2.31. The molecule has 0 spiro atoms. The fraction of sp³-hybridized carbons (Fsp3) is 0.417. The third-order valence-electron chi connectivity index (χ3n) is 2.83. The van der Waals surface area contributed by atoms with Gasteiger partial charge in [-0.3, -0.25) is 4.79 Å². The lowest BCUT2D eigenvalue weighted by Crippen LogP contribution is -2.31. The molecule has 1 atom stereocenters. The van der Waals surface area contributed by atoms with E-state index in [2.05, 4.69) is 4.74 Å². The number of halogens is 4. The molecule has 0 unspecified atom stereocenters. The van der Waals surface area contributed by atoms with Gasteiger partial charge in [-0.15, -0.1) is 25.6 Å². The van der Waals surface area contributed by atoms with Crippen LogP contribution in [0.25, 0.3) is 0 Å². The highest BCUT2D eigenvalue weighted by molar-refractivity contribution is 5.94. The van der Waals surface area contributed by atoms with Gasteiger partial charge in [-0.25, -0.2) is 0 Å². The first kappa shape index (κ1) is 16.6. The van der Waals surface area contributed by atoms with Crippen molar-refractivity contribution in [1.82, 2.24) is 4.90 Å². The number of ether oxygens (including phenoxy) is 1. The van der Waals surface area contributed by atoms with Crippen LogP contribution in [-0.4, -0.2) is 36.3 Å². The van der Waals surface area contributed by atoms with Gasteiger partial charge in [-0.2, -0.15) is 0 Å². The lowest BCUT2D eigenvalue weighted by Gasteiger charge is -2.16. The summed E-state index contributed by atoms with van der Waals surface area (Å²) in [7, 11) is 0. The van der Waals surface area contributed by atoms with E-state index in [1.54, 1.807) is 0 Å². The molecule has 1 saturated heterocycles. The third kappa shape index (κ3) is 4.28. The zero-order valence-corrected chi connectivity index (χ0v) is 11.2. The Morgan fingerprint density at radius 1 is 1.40 bits per heavy atom. The summed E-state index contributed by atoms with van der Waals surface area (Å²) < 4.78 is 40.1. The Kier molecular flexibility index (Phi) is 5.24. The van der Waals surface area contributed by atoms with Gasteiger partial charge in [0.25, 0.3) is 5.91 Å². The molecule has 0 radical (unpaired) electrons. The maximum absolute atomic E-state index is 12.1. The molecule has 1 amide bonds. The van der Waals surface area contributed by atoms with Gasteiger partial charge in [0.15, 0.2) is 0 Å². The van der Waals surface area contributed by atoms with Gasteiger partial charge < -0.3 is 15.4 Å². The molecular weight excluding hydrogens is 297 g/mol. The van der Waals surface area contributed by atoms with Crippen LogP contribution in [0.4, 0.5) is 13.2 Å². The quantitative estimate of drug-likeness (QED) is 0.911. The van der Waals surface area contributed by atoms with Crippen LogP contribution in [0.15, 0.2) is 24.3 Å². The average molecular weight is 311 g/mol. The molecule has 8 heteroatoms. The first-order chi connectivity index (χ1) is 8.85. The lowest BCUT2D eigenvalue weighted by atomic mass is 10.2. The molecule has 1 heterocycles. The van der Waals surface area contributed by atoms with Gasteiger partial charge in [0.2, 0.25) is 0 Å². The molecule has 1 aliphatic heterocycles. The molecule has 1 aromatic carbocycles. The van der Waals surface area contributed by atoms with E-state index >= 15 is 0 Å². The van der Waals surface area contributed by atoms with Crippen LogP contribution in [0.1, 0.15) is 16.8 Å². The molecule has 112 valence electrons. The number of carbonyl (C=O) groups is 1. The van der Waals surface area contributed by atoms with E-state index in [0.717, 1.165) is 12.1 Å². The van der Waals surface area contributed by atoms with Crippen LogP contribution < -0.4 is 10.5 Å². The van der Waals surface area contributed by atoms with Crippen LogP contribution in [-0.2, 0) is 0 Å². The summed E-state index contributed by atoms with van der Waals surface area (Å²) in [5.41, 5.74) is 5.85. The molecule has 0 aromatic heterocycles. The predicted octanol–water partition coefficient (Wildman–Crippen LogP) is 2.18. The van der Waals surface area contributed by atoms with Crippen LogP contribution >= 0.6 is 12.4 Å². The van der Waals surface area contributed by atoms with E-state index in [0.29, 0.717) is 19.5 Å². The first-order valence-electron chi connectivity index (χ1n) is 5.76. The number of amides is 1. The van der Waals surface area contributed by atoms with Crippen molar-refractivity contribution in [3.63, 3.8) is 0 Å². The summed E-state index contributed by atoms with van der Waals surface area (Å²) in [6.45, 7) is 0.938. The van der Waals surface area contributed by atoms with Gasteiger partial charge in [0.1, 0.15) is 5.75 Å². The van der Waals surface area contributed by atoms with Gasteiger partial charge in [-0.05, 0) is 24.6 Å². The summed E-state index contributed by atoms with van der Waals surface area (Å²) in [6, 6.07) is 4.97. The minimum absolute atomic E-state index is 0. The maximum Gasteiger partial charge on any atom is 0.573 e. The Hall–Kier alpha value is -1.47. The fourth-order valence-corrected chi connectivity index (χ4v) is 1.98. The summed E-state index contributed by atoms with van der Waals surface area (Å²) in [5.74, 6) is -0.734. The van der Waals surface area contributed by atoms with E-state index in [-0.39, 0.29) is 29.9 Å². The number of likely N-dealkylation sites (tertiary alicyclic amines) is 1. The third-order valence-corrected chi connectivity index (χ3v) is 2.83. The van der Waals surface area contributed by atoms with Crippen molar-refractivity contribution >= 4 is 18.3 Å². The molecule has 1 fully saturated rings. The molecule has 4 nitrogen and oxygen atoms in total. The average Bonchev–Trinajstić information content (AvgIpc) is 2.73. The number of alkyl halides is 3. The highest BCUT2D eigenvalue weighted by atomic mass is 35.5. The largest absolute Gasteiger partial charge is 0.573 e. The molecule has 2 N–H and O–H groups in total. The topological polar surface area (TPSA) is 55.6 Å². The van der Waals surface area contributed by atoms with Crippen molar-refractivity contribution in [3.8, 4) is 5.75 Å². The maximum atomic E-state index is 12.1. The number of carbonyl (C=O) groups excluding carboxylic acids is 1. The standard InChI is InChI=1S/C12H13F3N2O2.ClH/c13-12(14,15)19-10-3-1-2-8(6-10)11(18)17-5-4-9(16)7-17;/h1-3,6,9H,4-5,7,16H2;1H/t9-;/m0./s1. The predicted molar refractivity (Wildman–Crippen MR) is 68.9 cm³/mol. The summed E-state index contributed by atoms with van der Waals surface area (Å²) >= 11 is 0. The van der Waals surface area contributed by atoms with Gasteiger partial charge >= 0.3 is 6.36 Å². The van der Waals surface area contributed by atoms with E-state index in [9.17, 15) is 18.0 Å². The van der Waals surface area contributed by atoms with Gasteiger partial charge in [0, 0.05) is 24.7 Å². The van der Waals surface area contributed by atoms with Crippen LogP contribution in [0.2, 0.25) is 0 Å². The minimum atomic E-state index is -4.77. The van der Waals surface area contributed by atoms with E-state index < -0.39 is 12.1 Å². The minimum Gasteiger partial charge on any atom is -0.406 e. The Morgan fingerprint density at radius 3 is 2.65 bits per heavy atom. The van der Waals surface area contributed by atoms with Gasteiger partial charge in [0.05, 0.1) is 0 Å². The molecule has 1 aromatic rings. The molecule has 0 bridgehead atoms. The molecule has 0 saturated carbocycles. The number of hydrogen-bond acceptors (Lipinski definition) is 3. The normalized spacial score (nSPS) is 18.6. The zero-order chi connectivity index (χ0) is 14.0. The fourth-order valence-electron chi connectivity index (χ4n) is 1.98. The van der Waals surface area contributed by atoms with Crippen LogP contribution in [0.3, 0.4) is 0 Å². The van der Waals surface area contributed by atoms with Crippen molar-refractivity contribution in [1.29, 1.82) is 0 Å². The summed E-state index contributed by atoms with van der Waals surface area (Å²) in [6.07, 6.45) is -4.07. The first-order valence-corrected chi connectivity index (χ1v) is 5.76. The van der Waals surface area contributed by atoms with Crippen LogP contribution in [0, 0.1) is 0 Å². The van der Waals surface area contributed by atoms with Crippen molar-refractivity contribution in [2.45, 2.75) is 18.8 Å². The zero-order valence-electron chi connectivity index (χ0n) is 10.4.